The number of nitrogens with zero attached hydrogens (tertiary/aromatic N) is 2. The summed E-state index contributed by atoms with van der Waals surface area (Å²) in [6.07, 6.45) is -1.08. The number of fused-ring (bicyclic) bond motifs is 5. The first-order valence-electron chi connectivity index (χ1n) is 9.08. The SMILES string of the molecule is FC(F)(F)c1ccc(CN2SC3(COc4cc5c(cc43)OCO5)c3cnccc32)o1. The Kier molecular flexibility index (Phi) is 3.57. The number of benzene rings is 1. The highest BCUT2D eigenvalue weighted by atomic mass is 32.2. The summed E-state index contributed by atoms with van der Waals surface area (Å²) >= 11 is 1.48. The average molecular weight is 434 g/mol. The largest absolute Gasteiger partial charge is 0.491 e. The molecule has 3 aliphatic heterocycles. The summed E-state index contributed by atoms with van der Waals surface area (Å²) in [6, 6.07) is 7.87. The van der Waals surface area contributed by atoms with E-state index in [-0.39, 0.29) is 19.1 Å². The van der Waals surface area contributed by atoms with Crippen molar-refractivity contribution in [2.75, 3.05) is 17.7 Å². The third-order valence-corrected chi connectivity index (χ3v) is 6.76. The maximum atomic E-state index is 12.9. The molecule has 3 aliphatic rings. The molecule has 5 heterocycles. The van der Waals surface area contributed by atoms with Gasteiger partial charge in [-0.25, -0.2) is 0 Å². The summed E-state index contributed by atoms with van der Waals surface area (Å²) in [5.74, 6) is 1.19. The minimum absolute atomic E-state index is 0.155. The van der Waals surface area contributed by atoms with Gasteiger partial charge in [0.2, 0.25) is 12.6 Å². The van der Waals surface area contributed by atoms with E-state index in [0.717, 1.165) is 22.9 Å². The molecule has 0 radical (unpaired) electrons. The van der Waals surface area contributed by atoms with Crippen molar-refractivity contribution in [1.29, 1.82) is 0 Å². The number of hydrogen-bond acceptors (Lipinski definition) is 7. The van der Waals surface area contributed by atoms with Crippen molar-refractivity contribution in [2.24, 2.45) is 0 Å². The van der Waals surface area contributed by atoms with Crippen LogP contribution < -0.4 is 18.5 Å². The van der Waals surface area contributed by atoms with Crippen molar-refractivity contribution in [3.63, 3.8) is 0 Å². The lowest BCUT2D eigenvalue weighted by atomic mass is 9.92. The quantitative estimate of drug-likeness (QED) is 0.541. The highest BCUT2D eigenvalue weighted by Crippen LogP contribution is 2.61. The normalized spacial score (nSPS) is 21.1. The highest BCUT2D eigenvalue weighted by Gasteiger charge is 2.52. The summed E-state index contributed by atoms with van der Waals surface area (Å²) in [5.41, 5.74) is 2.70. The average Bonchev–Trinajstić information content (AvgIpc) is 3.49. The smallest absolute Gasteiger partial charge is 0.449 e. The third-order valence-electron chi connectivity index (χ3n) is 5.35. The summed E-state index contributed by atoms with van der Waals surface area (Å²) in [7, 11) is 0. The Morgan fingerprint density at radius 3 is 2.67 bits per heavy atom. The van der Waals surface area contributed by atoms with Crippen LogP contribution in [0.2, 0.25) is 0 Å². The molecule has 1 unspecified atom stereocenters. The zero-order valence-electron chi connectivity index (χ0n) is 15.2. The summed E-state index contributed by atoms with van der Waals surface area (Å²) in [6.45, 7) is 0.680. The van der Waals surface area contributed by atoms with Gasteiger partial charge in [0.15, 0.2) is 11.5 Å². The second kappa shape index (κ2) is 6.00. The second-order valence-corrected chi connectivity index (χ2v) is 8.42. The molecule has 0 amide bonds. The van der Waals surface area contributed by atoms with Crippen LogP contribution in [-0.4, -0.2) is 18.4 Å². The highest BCUT2D eigenvalue weighted by molar-refractivity contribution is 8.02. The first kappa shape index (κ1) is 17.8. The van der Waals surface area contributed by atoms with Crippen molar-refractivity contribution < 1.29 is 31.8 Å². The first-order chi connectivity index (χ1) is 14.4. The monoisotopic (exact) mass is 434 g/mol. The molecular weight excluding hydrogens is 421 g/mol. The van der Waals surface area contributed by atoms with E-state index >= 15 is 0 Å². The topological polar surface area (TPSA) is 57.0 Å². The van der Waals surface area contributed by atoms with E-state index in [4.69, 9.17) is 18.6 Å². The van der Waals surface area contributed by atoms with Crippen molar-refractivity contribution in [3.8, 4) is 17.2 Å². The van der Waals surface area contributed by atoms with Gasteiger partial charge in [0.05, 0.1) is 12.2 Å². The predicted molar refractivity (Wildman–Crippen MR) is 101 cm³/mol. The molecule has 1 atom stereocenters. The van der Waals surface area contributed by atoms with Crippen LogP contribution in [-0.2, 0) is 17.5 Å². The van der Waals surface area contributed by atoms with Crippen molar-refractivity contribution in [1.82, 2.24) is 4.98 Å². The van der Waals surface area contributed by atoms with Gasteiger partial charge in [-0.1, -0.05) is 0 Å². The lowest BCUT2D eigenvalue weighted by Crippen LogP contribution is -2.24. The van der Waals surface area contributed by atoms with Crippen LogP contribution >= 0.6 is 11.9 Å². The van der Waals surface area contributed by atoms with Crippen molar-refractivity contribution in [2.45, 2.75) is 17.5 Å². The van der Waals surface area contributed by atoms with Crippen molar-refractivity contribution >= 4 is 17.6 Å². The fourth-order valence-electron chi connectivity index (χ4n) is 3.99. The minimum Gasteiger partial charge on any atom is -0.491 e. The molecule has 0 aliphatic carbocycles. The molecule has 30 heavy (non-hydrogen) atoms. The Balaban J connectivity index is 1.39. The first-order valence-corrected chi connectivity index (χ1v) is 9.85. The van der Waals surface area contributed by atoms with Crippen LogP contribution in [0.4, 0.5) is 18.9 Å². The maximum absolute atomic E-state index is 12.9. The fourth-order valence-corrected chi connectivity index (χ4v) is 5.44. The Hall–Kier alpha value is -3.01. The van der Waals surface area contributed by atoms with E-state index in [1.807, 2.05) is 22.5 Å². The van der Waals surface area contributed by atoms with Gasteiger partial charge in [-0.2, -0.15) is 13.2 Å². The molecule has 0 N–H and O–H groups in total. The van der Waals surface area contributed by atoms with E-state index in [1.54, 1.807) is 12.4 Å². The summed E-state index contributed by atoms with van der Waals surface area (Å²) in [4.78, 5) is 4.27. The number of furan rings is 1. The van der Waals surface area contributed by atoms with Gasteiger partial charge in [0, 0.05) is 29.6 Å². The molecule has 0 bridgehead atoms. The Morgan fingerprint density at radius 1 is 1.03 bits per heavy atom. The van der Waals surface area contributed by atoms with Gasteiger partial charge in [-0.05, 0) is 36.2 Å². The van der Waals surface area contributed by atoms with E-state index in [9.17, 15) is 13.2 Å². The molecule has 3 aromatic rings. The Labute approximate surface area is 172 Å². The Morgan fingerprint density at radius 2 is 1.87 bits per heavy atom. The molecule has 1 spiro atoms. The standard InChI is InChI=1S/C20H13F3N2O4S/c21-20(22,23)18-2-1-11(29-18)8-25-14-3-4-24-7-13(14)19(30-25)9-26-15-6-17-16(5-12(15)19)27-10-28-17/h1-7H,8-10H2. The zero-order chi connectivity index (χ0) is 20.5. The third kappa shape index (κ3) is 2.49. The van der Waals surface area contributed by atoms with Gasteiger partial charge in [0.1, 0.15) is 22.9 Å². The molecule has 1 aromatic carbocycles. The van der Waals surface area contributed by atoms with Crippen LogP contribution in [0, 0.1) is 0 Å². The summed E-state index contributed by atoms with van der Waals surface area (Å²) < 4.78 is 62.1. The molecule has 154 valence electrons. The fraction of sp³-hybridized carbons (Fsp3) is 0.250. The van der Waals surface area contributed by atoms with E-state index in [1.165, 1.54) is 18.0 Å². The van der Waals surface area contributed by atoms with Gasteiger partial charge in [-0.15, -0.1) is 0 Å². The number of anilines is 1. The van der Waals surface area contributed by atoms with Crippen LogP contribution in [0.25, 0.3) is 0 Å². The van der Waals surface area contributed by atoms with Gasteiger partial charge < -0.3 is 22.9 Å². The number of alkyl halides is 3. The van der Waals surface area contributed by atoms with Gasteiger partial charge >= 0.3 is 6.18 Å². The van der Waals surface area contributed by atoms with Gasteiger partial charge in [0.25, 0.3) is 0 Å². The predicted octanol–water partition coefficient (Wildman–Crippen LogP) is 4.73. The number of pyridine rings is 1. The zero-order valence-corrected chi connectivity index (χ0v) is 16.0. The number of rotatable bonds is 2. The number of aromatic nitrogens is 1. The molecule has 6 nitrogen and oxygen atoms in total. The van der Waals surface area contributed by atoms with Crippen molar-refractivity contribution in [3.05, 3.63) is 65.4 Å². The number of hydrogen-bond donors (Lipinski definition) is 0. The molecule has 0 saturated carbocycles. The molecule has 2 aromatic heterocycles. The second-order valence-electron chi connectivity index (χ2n) is 7.10. The molecule has 0 fully saturated rings. The van der Waals surface area contributed by atoms with Crippen LogP contribution in [0.1, 0.15) is 22.6 Å². The molecule has 6 rings (SSSR count). The van der Waals surface area contributed by atoms with E-state index in [0.29, 0.717) is 23.9 Å². The van der Waals surface area contributed by atoms with Crippen LogP contribution in [0.3, 0.4) is 0 Å². The van der Waals surface area contributed by atoms with Gasteiger partial charge in [-0.3, -0.25) is 4.98 Å². The molecule has 10 heteroatoms. The number of halogens is 3. The molecule has 0 saturated heterocycles. The van der Waals surface area contributed by atoms with E-state index < -0.39 is 16.7 Å². The van der Waals surface area contributed by atoms with Crippen LogP contribution in [0.5, 0.6) is 17.2 Å². The number of ether oxygens (including phenoxy) is 3. The molecular formula is C20H13F3N2O4S. The maximum Gasteiger partial charge on any atom is 0.449 e. The summed E-state index contributed by atoms with van der Waals surface area (Å²) in [5, 5.41) is 0. The minimum atomic E-state index is -4.51. The lowest BCUT2D eigenvalue weighted by molar-refractivity contribution is -0.153. The van der Waals surface area contributed by atoms with Crippen LogP contribution in [0.15, 0.2) is 47.1 Å². The van der Waals surface area contributed by atoms with E-state index in [2.05, 4.69) is 4.98 Å². The lowest BCUT2D eigenvalue weighted by Gasteiger charge is -2.23. The Bertz CT molecular complexity index is 1170.